The predicted molar refractivity (Wildman–Crippen MR) is 79.9 cm³/mol. The predicted octanol–water partition coefficient (Wildman–Crippen LogP) is 2.60. The number of rotatable bonds is 2. The fourth-order valence-electron chi connectivity index (χ4n) is 4.51. The maximum atomic E-state index is 9.65. The molecule has 3 unspecified atom stereocenters. The quantitative estimate of drug-likeness (QED) is 0.868. The Kier molecular flexibility index (Phi) is 3.20. The Morgan fingerprint density at radius 2 is 2.05 bits per heavy atom. The Morgan fingerprint density at radius 3 is 3.00 bits per heavy atom. The lowest BCUT2D eigenvalue weighted by atomic mass is 9.86. The molecule has 4 rings (SSSR count). The first-order valence-corrected chi connectivity index (χ1v) is 8.13. The summed E-state index contributed by atoms with van der Waals surface area (Å²) in [5, 5.41) is 13.6. The summed E-state index contributed by atoms with van der Waals surface area (Å²) in [5.74, 6) is 0.409. The van der Waals surface area contributed by atoms with Gasteiger partial charge in [0.2, 0.25) is 0 Å². The first-order valence-electron chi connectivity index (χ1n) is 8.13. The molecule has 0 bridgehead atoms. The van der Waals surface area contributed by atoms with E-state index in [1.807, 2.05) is 12.1 Å². The molecule has 108 valence electrons. The summed E-state index contributed by atoms with van der Waals surface area (Å²) in [4.78, 5) is 2.66. The monoisotopic (exact) mass is 272 g/mol. The second kappa shape index (κ2) is 5.05. The molecule has 1 aromatic carbocycles. The molecule has 0 radical (unpaired) electrons. The molecule has 2 fully saturated rings. The molecule has 0 amide bonds. The number of nitrogens with one attached hydrogen (secondary N) is 1. The minimum Gasteiger partial charge on any atom is -0.508 e. The summed E-state index contributed by atoms with van der Waals surface area (Å²) in [6.07, 6.45) is 7.62. The van der Waals surface area contributed by atoms with Gasteiger partial charge in [0.05, 0.1) is 0 Å². The van der Waals surface area contributed by atoms with Crippen molar-refractivity contribution >= 4 is 0 Å². The third-order valence-electron chi connectivity index (χ3n) is 5.46. The Labute approximate surface area is 121 Å². The van der Waals surface area contributed by atoms with Crippen molar-refractivity contribution in [3.8, 4) is 5.75 Å². The molecule has 2 N–H and O–H groups in total. The van der Waals surface area contributed by atoms with E-state index < -0.39 is 0 Å². The highest BCUT2D eigenvalue weighted by Crippen LogP contribution is 2.35. The van der Waals surface area contributed by atoms with Gasteiger partial charge in [0, 0.05) is 24.7 Å². The standard InChI is InChI=1S/C17H24N2O/c20-13-6-7-14-12(11-13)3-1-4-15(14)18-16-8-10-19-9-2-5-17(16)19/h6-7,11,15-18,20H,1-5,8-10H2. The van der Waals surface area contributed by atoms with Crippen LogP contribution in [0, 0.1) is 0 Å². The van der Waals surface area contributed by atoms with Gasteiger partial charge in [0.25, 0.3) is 0 Å². The van der Waals surface area contributed by atoms with E-state index in [1.165, 1.54) is 56.3 Å². The van der Waals surface area contributed by atoms with Crippen LogP contribution in [0.5, 0.6) is 5.75 Å². The Morgan fingerprint density at radius 1 is 1.10 bits per heavy atom. The van der Waals surface area contributed by atoms with Crippen molar-refractivity contribution < 1.29 is 5.11 Å². The highest BCUT2D eigenvalue weighted by Gasteiger charge is 2.38. The van der Waals surface area contributed by atoms with E-state index in [9.17, 15) is 5.11 Å². The molecule has 0 aromatic heterocycles. The fraction of sp³-hybridized carbons (Fsp3) is 0.647. The van der Waals surface area contributed by atoms with Crippen molar-refractivity contribution in [2.45, 2.75) is 56.7 Å². The van der Waals surface area contributed by atoms with Crippen LogP contribution in [-0.4, -0.2) is 35.2 Å². The smallest absolute Gasteiger partial charge is 0.115 e. The Hall–Kier alpha value is -1.06. The molecule has 0 saturated carbocycles. The summed E-state index contributed by atoms with van der Waals surface area (Å²) in [6.45, 7) is 2.58. The van der Waals surface area contributed by atoms with Gasteiger partial charge in [-0.05, 0) is 68.3 Å². The van der Waals surface area contributed by atoms with Crippen molar-refractivity contribution in [2.75, 3.05) is 13.1 Å². The SMILES string of the molecule is Oc1ccc2c(c1)CCCC2NC1CCN2CCCC12. The number of benzene rings is 1. The summed E-state index contributed by atoms with van der Waals surface area (Å²) in [6, 6.07) is 7.86. The average molecular weight is 272 g/mol. The summed E-state index contributed by atoms with van der Waals surface area (Å²) >= 11 is 0. The summed E-state index contributed by atoms with van der Waals surface area (Å²) < 4.78 is 0. The molecular formula is C17H24N2O. The van der Waals surface area contributed by atoms with Crippen molar-refractivity contribution in [1.29, 1.82) is 0 Å². The maximum absolute atomic E-state index is 9.65. The largest absolute Gasteiger partial charge is 0.508 e. The van der Waals surface area contributed by atoms with Crippen LogP contribution in [0.4, 0.5) is 0 Å². The van der Waals surface area contributed by atoms with Crippen LogP contribution in [-0.2, 0) is 6.42 Å². The van der Waals surface area contributed by atoms with Crippen LogP contribution in [0.25, 0.3) is 0 Å². The van der Waals surface area contributed by atoms with Crippen LogP contribution in [0.15, 0.2) is 18.2 Å². The molecule has 3 heteroatoms. The first kappa shape index (κ1) is 12.7. The number of fused-ring (bicyclic) bond motifs is 2. The van der Waals surface area contributed by atoms with Crippen molar-refractivity contribution in [3.63, 3.8) is 0 Å². The zero-order valence-electron chi connectivity index (χ0n) is 12.0. The van der Waals surface area contributed by atoms with Gasteiger partial charge in [-0.3, -0.25) is 4.90 Å². The van der Waals surface area contributed by atoms with Gasteiger partial charge >= 0.3 is 0 Å². The first-order chi connectivity index (χ1) is 9.81. The lowest BCUT2D eigenvalue weighted by Gasteiger charge is -2.31. The zero-order valence-corrected chi connectivity index (χ0v) is 12.0. The lowest BCUT2D eigenvalue weighted by Crippen LogP contribution is -2.41. The minimum absolute atomic E-state index is 0.409. The molecule has 3 atom stereocenters. The number of aryl methyl sites for hydroxylation is 1. The molecule has 2 aliphatic heterocycles. The highest BCUT2D eigenvalue weighted by atomic mass is 16.3. The highest BCUT2D eigenvalue weighted by molar-refractivity contribution is 5.38. The fourth-order valence-corrected chi connectivity index (χ4v) is 4.51. The Bertz CT molecular complexity index is 502. The van der Waals surface area contributed by atoms with E-state index in [4.69, 9.17) is 0 Å². The van der Waals surface area contributed by atoms with E-state index in [0.29, 0.717) is 17.8 Å². The lowest BCUT2D eigenvalue weighted by molar-refractivity contribution is 0.283. The second-order valence-corrected chi connectivity index (χ2v) is 6.64. The maximum Gasteiger partial charge on any atom is 0.115 e. The molecule has 2 saturated heterocycles. The van der Waals surface area contributed by atoms with Crippen LogP contribution in [0.3, 0.4) is 0 Å². The van der Waals surface area contributed by atoms with E-state index >= 15 is 0 Å². The molecule has 1 aliphatic carbocycles. The topological polar surface area (TPSA) is 35.5 Å². The number of phenols is 1. The van der Waals surface area contributed by atoms with E-state index in [0.717, 1.165) is 12.5 Å². The normalized spacial score (nSPS) is 33.1. The molecular weight excluding hydrogens is 248 g/mol. The van der Waals surface area contributed by atoms with Crippen LogP contribution >= 0.6 is 0 Å². The number of nitrogens with zero attached hydrogens (tertiary/aromatic N) is 1. The number of aromatic hydroxyl groups is 1. The van der Waals surface area contributed by atoms with E-state index in [2.05, 4.69) is 16.3 Å². The Balaban J connectivity index is 1.53. The molecule has 3 nitrogen and oxygen atoms in total. The van der Waals surface area contributed by atoms with Gasteiger partial charge in [-0.25, -0.2) is 0 Å². The zero-order chi connectivity index (χ0) is 13.5. The van der Waals surface area contributed by atoms with Crippen LogP contribution in [0.2, 0.25) is 0 Å². The van der Waals surface area contributed by atoms with Gasteiger partial charge in [-0.1, -0.05) is 6.07 Å². The van der Waals surface area contributed by atoms with E-state index in [-0.39, 0.29) is 0 Å². The second-order valence-electron chi connectivity index (χ2n) is 6.64. The number of hydrogen-bond donors (Lipinski definition) is 2. The third kappa shape index (κ3) is 2.13. The molecule has 3 aliphatic rings. The molecule has 2 heterocycles. The van der Waals surface area contributed by atoms with Gasteiger partial charge < -0.3 is 10.4 Å². The van der Waals surface area contributed by atoms with Crippen LogP contribution in [0.1, 0.15) is 49.3 Å². The minimum atomic E-state index is 0.409. The van der Waals surface area contributed by atoms with Crippen molar-refractivity contribution in [1.82, 2.24) is 10.2 Å². The van der Waals surface area contributed by atoms with Crippen molar-refractivity contribution in [2.24, 2.45) is 0 Å². The number of hydrogen-bond acceptors (Lipinski definition) is 3. The molecule has 0 spiro atoms. The van der Waals surface area contributed by atoms with Gasteiger partial charge in [-0.15, -0.1) is 0 Å². The van der Waals surface area contributed by atoms with Gasteiger partial charge in [-0.2, -0.15) is 0 Å². The molecule has 1 aromatic rings. The van der Waals surface area contributed by atoms with Gasteiger partial charge in [0.1, 0.15) is 5.75 Å². The summed E-state index contributed by atoms with van der Waals surface area (Å²) in [7, 11) is 0. The summed E-state index contributed by atoms with van der Waals surface area (Å²) in [5.41, 5.74) is 2.76. The van der Waals surface area contributed by atoms with E-state index in [1.54, 1.807) is 0 Å². The number of phenolic OH excluding ortho intramolecular Hbond substituents is 1. The average Bonchev–Trinajstić information content (AvgIpc) is 3.03. The molecule has 20 heavy (non-hydrogen) atoms. The van der Waals surface area contributed by atoms with Gasteiger partial charge in [0.15, 0.2) is 0 Å². The van der Waals surface area contributed by atoms with Crippen LogP contribution < -0.4 is 5.32 Å². The van der Waals surface area contributed by atoms with Crippen molar-refractivity contribution in [3.05, 3.63) is 29.3 Å². The third-order valence-corrected chi connectivity index (χ3v) is 5.46.